The van der Waals surface area contributed by atoms with Crippen molar-refractivity contribution in [3.63, 3.8) is 0 Å². The number of hydrogen-bond acceptors (Lipinski definition) is 3. The zero-order valence-electron chi connectivity index (χ0n) is 24.2. The lowest BCUT2D eigenvalue weighted by Gasteiger charge is -2.26. The summed E-state index contributed by atoms with van der Waals surface area (Å²) in [6.45, 7) is 0. The van der Waals surface area contributed by atoms with Gasteiger partial charge in [0, 0.05) is 38.3 Å². The van der Waals surface area contributed by atoms with Gasteiger partial charge < -0.3 is 13.7 Å². The summed E-state index contributed by atoms with van der Waals surface area (Å²) >= 11 is 0. The molecule has 0 saturated carbocycles. The maximum absolute atomic E-state index is 6.55. The third kappa shape index (κ3) is 3.52. The summed E-state index contributed by atoms with van der Waals surface area (Å²) in [4.78, 5) is 2.34. The number of nitrogens with zero attached hydrogens (tertiary/aromatic N) is 1. The van der Waals surface area contributed by atoms with Crippen LogP contribution in [0.2, 0.25) is 0 Å². The zero-order chi connectivity index (χ0) is 29.5. The molecule has 2 aromatic heterocycles. The summed E-state index contributed by atoms with van der Waals surface area (Å²) in [5.74, 6) is 0. The van der Waals surface area contributed by atoms with E-state index in [1.807, 2.05) is 18.2 Å². The van der Waals surface area contributed by atoms with E-state index in [9.17, 15) is 0 Å². The summed E-state index contributed by atoms with van der Waals surface area (Å²) in [6, 6.07) is 53.6. The Hall–Kier alpha value is -6.06. The monoisotopic (exact) mass is 575 g/mol. The van der Waals surface area contributed by atoms with Gasteiger partial charge in [0.1, 0.15) is 22.3 Å². The first-order valence-corrected chi connectivity index (χ1v) is 15.3. The minimum Gasteiger partial charge on any atom is -0.456 e. The van der Waals surface area contributed by atoms with Crippen LogP contribution in [0.4, 0.5) is 17.1 Å². The van der Waals surface area contributed by atoms with Gasteiger partial charge in [-0.25, -0.2) is 0 Å². The largest absolute Gasteiger partial charge is 0.456 e. The molecule has 0 saturated heterocycles. The predicted octanol–water partition coefficient (Wildman–Crippen LogP) is 12.4. The van der Waals surface area contributed by atoms with Crippen molar-refractivity contribution in [2.75, 3.05) is 4.90 Å². The van der Waals surface area contributed by atoms with Gasteiger partial charge in [-0.15, -0.1) is 0 Å². The summed E-state index contributed by atoms with van der Waals surface area (Å²) in [5, 5.41) is 11.6. The minimum absolute atomic E-state index is 0.878. The van der Waals surface area contributed by atoms with Gasteiger partial charge in [-0.2, -0.15) is 0 Å². The molecule has 0 unspecified atom stereocenters. The second-order valence-electron chi connectivity index (χ2n) is 11.7. The van der Waals surface area contributed by atoms with Gasteiger partial charge in [0.2, 0.25) is 0 Å². The lowest BCUT2D eigenvalue weighted by Crippen LogP contribution is -2.10. The summed E-state index contributed by atoms with van der Waals surface area (Å²) in [6.07, 6.45) is 0. The highest BCUT2D eigenvalue weighted by molar-refractivity contribution is 6.29. The van der Waals surface area contributed by atoms with E-state index in [0.717, 1.165) is 66.3 Å². The normalized spacial score (nSPS) is 12.0. The Morgan fingerprint density at radius 2 is 1.00 bits per heavy atom. The van der Waals surface area contributed by atoms with Gasteiger partial charge in [0.15, 0.2) is 0 Å². The van der Waals surface area contributed by atoms with Crippen molar-refractivity contribution in [2.45, 2.75) is 0 Å². The van der Waals surface area contributed by atoms with Crippen molar-refractivity contribution in [3.8, 4) is 0 Å². The second kappa shape index (κ2) is 9.22. The Kier molecular flexibility index (Phi) is 5.00. The standard InChI is InChI=1S/C42H25NO2/c1-2-9-29(10-3-1)43(35-13-8-16-38-41(35)34-12-5-7-15-37(34)44-38)30-22-24-31-28(25-30)20-19-26-17-18-27-21-23-33-32-11-4-6-14-36(32)45-42(33)40(27)39(26)31/h1-25H. The zero-order valence-corrected chi connectivity index (χ0v) is 24.2. The molecule has 45 heavy (non-hydrogen) atoms. The molecule has 0 N–H and O–H groups in total. The molecule has 0 aliphatic rings. The average Bonchev–Trinajstić information content (AvgIpc) is 3.67. The van der Waals surface area contributed by atoms with Crippen LogP contribution >= 0.6 is 0 Å². The highest BCUT2D eigenvalue weighted by Gasteiger charge is 2.20. The van der Waals surface area contributed by atoms with Crippen LogP contribution in [-0.2, 0) is 0 Å². The number of furan rings is 2. The fourth-order valence-corrected chi connectivity index (χ4v) is 7.22. The molecule has 2 heterocycles. The fourth-order valence-electron chi connectivity index (χ4n) is 7.22. The van der Waals surface area contributed by atoms with Crippen LogP contribution in [0.25, 0.3) is 76.2 Å². The Morgan fingerprint density at radius 1 is 0.356 bits per heavy atom. The molecule has 0 fully saturated rings. The van der Waals surface area contributed by atoms with Crippen LogP contribution in [0.15, 0.2) is 160 Å². The van der Waals surface area contributed by atoms with Gasteiger partial charge in [0.25, 0.3) is 0 Å². The highest BCUT2D eigenvalue weighted by atomic mass is 16.3. The third-order valence-corrected chi connectivity index (χ3v) is 9.20. The van der Waals surface area contributed by atoms with Gasteiger partial charge in [-0.1, -0.05) is 97.1 Å². The molecule has 10 rings (SSSR count). The fraction of sp³-hybridized carbons (Fsp3) is 0. The molecule has 0 radical (unpaired) electrons. The van der Waals surface area contributed by atoms with Crippen LogP contribution in [0, 0.1) is 0 Å². The van der Waals surface area contributed by atoms with Gasteiger partial charge in [-0.3, -0.25) is 0 Å². The molecule has 0 bridgehead atoms. The van der Waals surface area contributed by atoms with E-state index in [1.54, 1.807) is 0 Å². The first-order chi connectivity index (χ1) is 22.3. The summed E-state index contributed by atoms with van der Waals surface area (Å²) in [7, 11) is 0. The topological polar surface area (TPSA) is 29.5 Å². The second-order valence-corrected chi connectivity index (χ2v) is 11.7. The quantitative estimate of drug-likeness (QED) is 0.196. The lowest BCUT2D eigenvalue weighted by atomic mass is 9.94. The smallest absolute Gasteiger partial charge is 0.143 e. The van der Waals surface area contributed by atoms with Crippen LogP contribution in [0.1, 0.15) is 0 Å². The first-order valence-electron chi connectivity index (χ1n) is 15.3. The van der Waals surface area contributed by atoms with Gasteiger partial charge in [0.05, 0.1) is 11.1 Å². The Morgan fingerprint density at radius 3 is 1.84 bits per heavy atom. The molecule has 0 aliphatic heterocycles. The molecule has 0 spiro atoms. The summed E-state index contributed by atoms with van der Waals surface area (Å²) in [5.41, 5.74) is 6.88. The van der Waals surface area contributed by atoms with E-state index >= 15 is 0 Å². The highest BCUT2D eigenvalue weighted by Crippen LogP contribution is 2.45. The first kappa shape index (κ1) is 24.4. The van der Waals surface area contributed by atoms with Crippen molar-refractivity contribution in [2.24, 2.45) is 0 Å². The van der Waals surface area contributed by atoms with E-state index < -0.39 is 0 Å². The molecule has 3 heteroatoms. The maximum atomic E-state index is 6.55. The SMILES string of the molecule is c1ccc(N(c2ccc3c(ccc4ccc5ccc6c7ccccc7oc6c5c43)c2)c2cccc3oc4ccccc4c23)cc1. The molecular formula is C42H25NO2. The Balaban J connectivity index is 1.26. The summed E-state index contributed by atoms with van der Waals surface area (Å²) < 4.78 is 12.8. The van der Waals surface area contributed by atoms with Crippen molar-refractivity contribution >= 4 is 93.3 Å². The van der Waals surface area contributed by atoms with Crippen LogP contribution < -0.4 is 4.90 Å². The minimum atomic E-state index is 0.878. The maximum Gasteiger partial charge on any atom is 0.143 e. The van der Waals surface area contributed by atoms with Crippen molar-refractivity contribution in [3.05, 3.63) is 152 Å². The van der Waals surface area contributed by atoms with Crippen molar-refractivity contribution < 1.29 is 8.83 Å². The molecule has 0 aliphatic carbocycles. The number of rotatable bonds is 3. The van der Waals surface area contributed by atoms with Gasteiger partial charge in [-0.05, 0) is 76.1 Å². The lowest BCUT2D eigenvalue weighted by molar-refractivity contribution is 0.669. The molecule has 3 nitrogen and oxygen atoms in total. The molecule has 0 atom stereocenters. The molecule has 10 aromatic rings. The van der Waals surface area contributed by atoms with Crippen LogP contribution in [-0.4, -0.2) is 0 Å². The molecule has 0 amide bonds. The Labute approximate surface area is 258 Å². The van der Waals surface area contributed by atoms with Crippen LogP contribution in [0.5, 0.6) is 0 Å². The van der Waals surface area contributed by atoms with E-state index in [2.05, 4.69) is 138 Å². The number of fused-ring (bicyclic) bond motifs is 12. The van der Waals surface area contributed by atoms with Crippen molar-refractivity contribution in [1.82, 2.24) is 0 Å². The molecule has 8 aromatic carbocycles. The van der Waals surface area contributed by atoms with Crippen molar-refractivity contribution in [1.29, 1.82) is 0 Å². The van der Waals surface area contributed by atoms with E-state index in [4.69, 9.17) is 8.83 Å². The van der Waals surface area contributed by atoms with E-state index in [0.29, 0.717) is 0 Å². The van der Waals surface area contributed by atoms with E-state index in [1.165, 1.54) is 26.9 Å². The van der Waals surface area contributed by atoms with Gasteiger partial charge >= 0.3 is 0 Å². The molecule has 210 valence electrons. The number of hydrogen-bond donors (Lipinski definition) is 0. The average molecular weight is 576 g/mol. The number of benzene rings is 8. The van der Waals surface area contributed by atoms with Crippen LogP contribution in [0.3, 0.4) is 0 Å². The number of para-hydroxylation sites is 3. The van der Waals surface area contributed by atoms with E-state index in [-0.39, 0.29) is 0 Å². The molecular weight excluding hydrogens is 550 g/mol. The number of anilines is 3. The predicted molar refractivity (Wildman–Crippen MR) is 188 cm³/mol. The Bertz CT molecular complexity index is 2770. The third-order valence-electron chi connectivity index (χ3n) is 9.20.